The molecule has 0 spiro atoms. The van der Waals surface area contributed by atoms with Gasteiger partial charge in [0, 0.05) is 37.1 Å². The Morgan fingerprint density at radius 1 is 1.00 bits per heavy atom. The molecule has 1 N–H and O–H groups in total. The molecule has 2 aromatic heterocycles. The summed E-state index contributed by atoms with van der Waals surface area (Å²) in [7, 11) is 0. The molecule has 0 aliphatic heterocycles. The monoisotopic (exact) mass is 331 g/mol. The molecule has 0 aliphatic carbocycles. The fourth-order valence-corrected chi connectivity index (χ4v) is 2.77. The highest BCUT2D eigenvalue weighted by Gasteiger charge is 2.08. The third kappa shape index (κ3) is 4.51. The van der Waals surface area contributed by atoms with Gasteiger partial charge in [0.15, 0.2) is 0 Å². The number of nitrogens with zero attached hydrogens (tertiary/aromatic N) is 2. The predicted molar refractivity (Wildman–Crippen MR) is 98.8 cm³/mol. The summed E-state index contributed by atoms with van der Waals surface area (Å²) in [5, 5.41) is 3.00. The number of hydrogen-bond acceptors (Lipinski definition) is 3. The molecule has 0 atom stereocenters. The first-order valence-corrected chi connectivity index (χ1v) is 8.39. The van der Waals surface area contributed by atoms with Crippen molar-refractivity contribution in [1.29, 1.82) is 0 Å². The van der Waals surface area contributed by atoms with Gasteiger partial charge in [0.05, 0.1) is 5.69 Å². The molecule has 4 nitrogen and oxygen atoms in total. The van der Waals surface area contributed by atoms with Crippen LogP contribution < -0.4 is 5.32 Å². The van der Waals surface area contributed by atoms with E-state index in [1.165, 1.54) is 11.1 Å². The van der Waals surface area contributed by atoms with Crippen LogP contribution in [0.25, 0.3) is 11.3 Å². The van der Waals surface area contributed by atoms with Crippen molar-refractivity contribution in [3.8, 4) is 11.3 Å². The molecule has 0 fully saturated rings. The number of rotatable bonds is 6. The van der Waals surface area contributed by atoms with Gasteiger partial charge in [-0.3, -0.25) is 14.8 Å². The number of pyridine rings is 2. The van der Waals surface area contributed by atoms with Crippen molar-refractivity contribution in [2.24, 2.45) is 0 Å². The minimum Gasteiger partial charge on any atom is -0.352 e. The number of benzene rings is 1. The molecule has 0 radical (unpaired) electrons. The Balaban J connectivity index is 1.60. The third-order valence-electron chi connectivity index (χ3n) is 4.18. The van der Waals surface area contributed by atoms with Crippen molar-refractivity contribution in [2.75, 3.05) is 0 Å². The van der Waals surface area contributed by atoms with Crippen molar-refractivity contribution >= 4 is 5.91 Å². The normalized spacial score (nSPS) is 10.4. The maximum Gasteiger partial charge on any atom is 0.220 e. The van der Waals surface area contributed by atoms with Gasteiger partial charge < -0.3 is 5.32 Å². The standard InChI is InChI=1S/C21H21N3O/c1-16-6-2-3-7-17(16)10-11-20(25)24-15-19-9-5-13-23-21(19)18-8-4-12-22-14-18/h2-9,12-14H,10-11,15H2,1H3,(H,24,25). The van der Waals surface area contributed by atoms with E-state index in [1.807, 2.05) is 36.4 Å². The van der Waals surface area contributed by atoms with E-state index in [1.54, 1.807) is 18.6 Å². The van der Waals surface area contributed by atoms with Gasteiger partial charge in [-0.1, -0.05) is 30.3 Å². The molecular formula is C21H21N3O. The Hall–Kier alpha value is -3.01. The summed E-state index contributed by atoms with van der Waals surface area (Å²) in [5.74, 6) is 0.0456. The van der Waals surface area contributed by atoms with E-state index < -0.39 is 0 Å². The molecule has 126 valence electrons. The van der Waals surface area contributed by atoms with Crippen LogP contribution >= 0.6 is 0 Å². The maximum atomic E-state index is 12.2. The lowest BCUT2D eigenvalue weighted by Crippen LogP contribution is -2.23. The highest BCUT2D eigenvalue weighted by Crippen LogP contribution is 2.19. The van der Waals surface area contributed by atoms with Crippen LogP contribution in [-0.4, -0.2) is 15.9 Å². The number of hydrogen-bond donors (Lipinski definition) is 1. The lowest BCUT2D eigenvalue weighted by atomic mass is 10.0. The van der Waals surface area contributed by atoms with Crippen LogP contribution in [0.5, 0.6) is 0 Å². The molecule has 1 amide bonds. The smallest absolute Gasteiger partial charge is 0.220 e. The van der Waals surface area contributed by atoms with E-state index in [2.05, 4.69) is 34.3 Å². The fraction of sp³-hybridized carbons (Fsp3) is 0.190. The molecule has 0 saturated heterocycles. The van der Waals surface area contributed by atoms with Crippen LogP contribution in [0.4, 0.5) is 0 Å². The van der Waals surface area contributed by atoms with Crippen LogP contribution in [0, 0.1) is 6.92 Å². The van der Waals surface area contributed by atoms with Crippen molar-refractivity contribution in [2.45, 2.75) is 26.3 Å². The summed E-state index contributed by atoms with van der Waals surface area (Å²) >= 11 is 0. The molecule has 0 bridgehead atoms. The molecule has 1 aromatic carbocycles. The summed E-state index contributed by atoms with van der Waals surface area (Å²) < 4.78 is 0. The zero-order valence-corrected chi connectivity index (χ0v) is 14.3. The van der Waals surface area contributed by atoms with Crippen LogP contribution in [0.15, 0.2) is 67.1 Å². The second-order valence-electron chi connectivity index (χ2n) is 5.96. The summed E-state index contributed by atoms with van der Waals surface area (Å²) in [6.45, 7) is 2.54. The van der Waals surface area contributed by atoms with Crippen molar-refractivity contribution < 1.29 is 4.79 Å². The van der Waals surface area contributed by atoms with Crippen molar-refractivity contribution in [3.05, 3.63) is 83.8 Å². The topological polar surface area (TPSA) is 54.9 Å². The first-order chi connectivity index (χ1) is 12.2. The van der Waals surface area contributed by atoms with E-state index in [9.17, 15) is 4.79 Å². The number of carbonyl (C=O) groups excluding carboxylic acids is 1. The van der Waals surface area contributed by atoms with Crippen LogP contribution in [-0.2, 0) is 17.8 Å². The maximum absolute atomic E-state index is 12.2. The molecule has 0 unspecified atom stereocenters. The Labute approximate surface area is 148 Å². The van der Waals surface area contributed by atoms with Crippen molar-refractivity contribution in [1.82, 2.24) is 15.3 Å². The lowest BCUT2D eigenvalue weighted by molar-refractivity contribution is -0.121. The minimum absolute atomic E-state index is 0.0456. The largest absolute Gasteiger partial charge is 0.352 e. The number of carbonyl (C=O) groups is 1. The van der Waals surface area contributed by atoms with Gasteiger partial charge in [0.2, 0.25) is 5.91 Å². The number of amides is 1. The van der Waals surface area contributed by atoms with Crippen LogP contribution in [0.3, 0.4) is 0 Å². The van der Waals surface area contributed by atoms with Gasteiger partial charge in [-0.25, -0.2) is 0 Å². The zero-order valence-electron chi connectivity index (χ0n) is 14.3. The first-order valence-electron chi connectivity index (χ1n) is 8.39. The minimum atomic E-state index is 0.0456. The van der Waals surface area contributed by atoms with E-state index in [4.69, 9.17) is 0 Å². The average molecular weight is 331 g/mol. The average Bonchev–Trinajstić information content (AvgIpc) is 2.66. The van der Waals surface area contributed by atoms with Gasteiger partial charge in [-0.05, 0) is 48.2 Å². The number of nitrogens with one attached hydrogen (secondary N) is 1. The second-order valence-corrected chi connectivity index (χ2v) is 5.96. The zero-order chi connectivity index (χ0) is 17.5. The summed E-state index contributed by atoms with van der Waals surface area (Å²) in [6, 6.07) is 15.9. The van der Waals surface area contributed by atoms with E-state index >= 15 is 0 Å². The third-order valence-corrected chi connectivity index (χ3v) is 4.18. The summed E-state index contributed by atoms with van der Waals surface area (Å²) in [4.78, 5) is 20.8. The molecular weight excluding hydrogens is 310 g/mol. The predicted octanol–water partition coefficient (Wildman–Crippen LogP) is 3.70. The van der Waals surface area contributed by atoms with E-state index in [-0.39, 0.29) is 5.91 Å². The van der Waals surface area contributed by atoms with Gasteiger partial charge in [0.25, 0.3) is 0 Å². The number of aromatic nitrogens is 2. The lowest BCUT2D eigenvalue weighted by Gasteiger charge is -2.10. The van der Waals surface area contributed by atoms with Gasteiger partial charge in [-0.15, -0.1) is 0 Å². The van der Waals surface area contributed by atoms with Gasteiger partial charge in [-0.2, -0.15) is 0 Å². The highest BCUT2D eigenvalue weighted by molar-refractivity contribution is 5.76. The van der Waals surface area contributed by atoms with E-state index in [0.29, 0.717) is 13.0 Å². The number of aryl methyl sites for hydroxylation is 2. The second kappa shape index (κ2) is 8.20. The van der Waals surface area contributed by atoms with Gasteiger partial charge >= 0.3 is 0 Å². The molecule has 0 aliphatic rings. The molecule has 4 heteroatoms. The van der Waals surface area contributed by atoms with E-state index in [0.717, 1.165) is 23.2 Å². The Morgan fingerprint density at radius 3 is 2.60 bits per heavy atom. The molecule has 3 aromatic rings. The Morgan fingerprint density at radius 2 is 1.80 bits per heavy atom. The summed E-state index contributed by atoms with van der Waals surface area (Å²) in [5.41, 5.74) is 5.23. The summed E-state index contributed by atoms with van der Waals surface area (Å²) in [6.07, 6.45) is 6.51. The highest BCUT2D eigenvalue weighted by atomic mass is 16.1. The van der Waals surface area contributed by atoms with Crippen molar-refractivity contribution in [3.63, 3.8) is 0 Å². The molecule has 2 heterocycles. The Kier molecular flexibility index (Phi) is 5.52. The SMILES string of the molecule is Cc1ccccc1CCC(=O)NCc1cccnc1-c1cccnc1. The first kappa shape index (κ1) is 16.8. The molecule has 25 heavy (non-hydrogen) atoms. The fourth-order valence-electron chi connectivity index (χ4n) is 2.77. The van der Waals surface area contributed by atoms with Crippen LogP contribution in [0.1, 0.15) is 23.1 Å². The quantitative estimate of drug-likeness (QED) is 0.749. The Bertz CT molecular complexity index is 847. The molecule has 3 rings (SSSR count). The van der Waals surface area contributed by atoms with Crippen LogP contribution in [0.2, 0.25) is 0 Å². The molecule has 0 saturated carbocycles. The van der Waals surface area contributed by atoms with Gasteiger partial charge in [0.1, 0.15) is 0 Å².